The van der Waals surface area contributed by atoms with Crippen LogP contribution in [0.5, 0.6) is 0 Å². The zero-order chi connectivity index (χ0) is 11.6. The van der Waals surface area contributed by atoms with Crippen molar-refractivity contribution in [2.45, 2.75) is 20.8 Å². The minimum atomic E-state index is 0.919. The van der Waals surface area contributed by atoms with Crippen molar-refractivity contribution in [2.24, 2.45) is 0 Å². The third-order valence-corrected chi connectivity index (χ3v) is 2.24. The molecule has 0 N–H and O–H groups in total. The Morgan fingerprint density at radius 1 is 1.00 bits per heavy atom. The highest BCUT2D eigenvalue weighted by molar-refractivity contribution is 5.83. The predicted octanol–water partition coefficient (Wildman–Crippen LogP) is 4.18. The van der Waals surface area contributed by atoms with Crippen molar-refractivity contribution < 1.29 is 0 Å². The second-order valence-corrected chi connectivity index (χ2v) is 3.92. The average molecular weight is 199 g/mol. The summed E-state index contributed by atoms with van der Waals surface area (Å²) in [7, 11) is 0. The molecule has 1 aromatic heterocycles. The number of hydrogen-bond donors (Lipinski definition) is 0. The van der Waals surface area contributed by atoms with E-state index in [1.54, 1.807) is 6.20 Å². The second-order valence-electron chi connectivity index (χ2n) is 3.92. The Balaban J connectivity index is 3.56. The van der Waals surface area contributed by atoms with Crippen LogP contribution in [0.1, 0.15) is 37.6 Å². The van der Waals surface area contributed by atoms with E-state index in [1.165, 1.54) is 0 Å². The standard InChI is InChI=1S/C14H17N/c1-9(2)12-7-8-15-14(11(5)6)13(12)10(3)4/h7-8H,1,3,5H2,2,4,6H3. The van der Waals surface area contributed by atoms with Crippen LogP contribution in [0, 0.1) is 0 Å². The molecule has 0 aliphatic rings. The lowest BCUT2D eigenvalue weighted by Crippen LogP contribution is -1.97. The van der Waals surface area contributed by atoms with Gasteiger partial charge in [0.05, 0.1) is 5.69 Å². The molecule has 1 nitrogen and oxygen atoms in total. The SMILES string of the molecule is C=C(C)c1ccnc(C(=C)C)c1C(=C)C. The first-order valence-electron chi connectivity index (χ1n) is 4.91. The van der Waals surface area contributed by atoms with E-state index in [1.807, 2.05) is 26.8 Å². The molecule has 1 rings (SSSR count). The summed E-state index contributed by atoms with van der Waals surface area (Å²) in [5.41, 5.74) is 6.07. The molecule has 1 heteroatoms. The topological polar surface area (TPSA) is 12.9 Å². The van der Waals surface area contributed by atoms with Gasteiger partial charge in [0.2, 0.25) is 0 Å². The van der Waals surface area contributed by atoms with E-state index in [-0.39, 0.29) is 0 Å². The number of hydrogen-bond acceptors (Lipinski definition) is 1. The normalized spacial score (nSPS) is 9.80. The van der Waals surface area contributed by atoms with Gasteiger partial charge in [0, 0.05) is 11.8 Å². The van der Waals surface area contributed by atoms with Crippen LogP contribution in [0.3, 0.4) is 0 Å². The summed E-state index contributed by atoms with van der Waals surface area (Å²) in [6.07, 6.45) is 1.79. The summed E-state index contributed by atoms with van der Waals surface area (Å²) in [4.78, 5) is 4.34. The minimum absolute atomic E-state index is 0.919. The first kappa shape index (κ1) is 11.4. The van der Waals surface area contributed by atoms with Gasteiger partial charge in [-0.2, -0.15) is 0 Å². The second kappa shape index (κ2) is 4.26. The molecule has 0 aromatic carbocycles. The molecule has 1 heterocycles. The number of nitrogens with zero attached hydrogens (tertiary/aromatic N) is 1. The van der Waals surface area contributed by atoms with E-state index in [4.69, 9.17) is 0 Å². The highest BCUT2D eigenvalue weighted by Gasteiger charge is 2.11. The van der Waals surface area contributed by atoms with Crippen LogP contribution in [0.4, 0.5) is 0 Å². The Morgan fingerprint density at radius 2 is 1.60 bits per heavy atom. The van der Waals surface area contributed by atoms with Crippen LogP contribution in [-0.2, 0) is 0 Å². The first-order chi connectivity index (χ1) is 6.95. The highest BCUT2D eigenvalue weighted by Crippen LogP contribution is 2.28. The molecular weight excluding hydrogens is 182 g/mol. The van der Waals surface area contributed by atoms with Gasteiger partial charge in [0.25, 0.3) is 0 Å². The fourth-order valence-electron chi connectivity index (χ4n) is 1.57. The number of pyridine rings is 1. The van der Waals surface area contributed by atoms with Crippen molar-refractivity contribution in [3.8, 4) is 0 Å². The van der Waals surface area contributed by atoms with Crippen LogP contribution >= 0.6 is 0 Å². The molecule has 0 atom stereocenters. The Morgan fingerprint density at radius 3 is 2.00 bits per heavy atom. The monoisotopic (exact) mass is 199 g/mol. The summed E-state index contributed by atoms with van der Waals surface area (Å²) in [5.74, 6) is 0. The van der Waals surface area contributed by atoms with Gasteiger partial charge >= 0.3 is 0 Å². The van der Waals surface area contributed by atoms with Crippen LogP contribution in [0.15, 0.2) is 32.0 Å². The molecule has 0 bridgehead atoms. The lowest BCUT2D eigenvalue weighted by molar-refractivity contribution is 1.23. The van der Waals surface area contributed by atoms with E-state index in [9.17, 15) is 0 Å². The summed E-state index contributed by atoms with van der Waals surface area (Å²) in [5, 5.41) is 0. The van der Waals surface area contributed by atoms with Gasteiger partial charge in [-0.05, 0) is 43.5 Å². The van der Waals surface area contributed by atoms with Gasteiger partial charge in [0.15, 0.2) is 0 Å². The average Bonchev–Trinajstić information content (AvgIpc) is 2.16. The fourth-order valence-corrected chi connectivity index (χ4v) is 1.57. The third kappa shape index (κ3) is 2.24. The maximum Gasteiger partial charge on any atom is 0.0733 e. The van der Waals surface area contributed by atoms with E-state index in [2.05, 4.69) is 24.7 Å². The zero-order valence-electron chi connectivity index (χ0n) is 9.72. The quantitative estimate of drug-likeness (QED) is 0.711. The van der Waals surface area contributed by atoms with Gasteiger partial charge in [-0.3, -0.25) is 4.98 Å². The molecule has 0 radical (unpaired) electrons. The number of rotatable bonds is 3. The van der Waals surface area contributed by atoms with E-state index in [0.29, 0.717) is 0 Å². The molecule has 0 fully saturated rings. The molecular formula is C14H17N. The van der Waals surface area contributed by atoms with Gasteiger partial charge < -0.3 is 0 Å². The van der Waals surface area contributed by atoms with Gasteiger partial charge in [-0.1, -0.05) is 25.3 Å². The molecule has 0 amide bonds. The largest absolute Gasteiger partial charge is 0.256 e. The lowest BCUT2D eigenvalue weighted by atomic mass is 9.94. The summed E-state index contributed by atoms with van der Waals surface area (Å²) < 4.78 is 0. The van der Waals surface area contributed by atoms with Crippen LogP contribution in [-0.4, -0.2) is 4.98 Å². The van der Waals surface area contributed by atoms with E-state index in [0.717, 1.165) is 33.5 Å². The molecule has 1 aromatic rings. The van der Waals surface area contributed by atoms with Crippen LogP contribution in [0.25, 0.3) is 16.7 Å². The summed E-state index contributed by atoms with van der Waals surface area (Å²) in [6.45, 7) is 17.8. The van der Waals surface area contributed by atoms with Crippen molar-refractivity contribution in [2.75, 3.05) is 0 Å². The van der Waals surface area contributed by atoms with Crippen molar-refractivity contribution >= 4 is 16.7 Å². The Kier molecular flexibility index (Phi) is 3.25. The Bertz CT molecular complexity index is 406. The Hall–Kier alpha value is -1.63. The molecule has 0 saturated heterocycles. The summed E-state index contributed by atoms with van der Waals surface area (Å²) in [6, 6.07) is 1.97. The lowest BCUT2D eigenvalue weighted by Gasteiger charge is -2.13. The smallest absolute Gasteiger partial charge is 0.0733 e. The van der Waals surface area contributed by atoms with Gasteiger partial charge in [-0.25, -0.2) is 0 Å². The third-order valence-electron chi connectivity index (χ3n) is 2.24. The Labute approximate surface area is 91.9 Å². The first-order valence-corrected chi connectivity index (χ1v) is 4.91. The van der Waals surface area contributed by atoms with Crippen molar-refractivity contribution in [1.29, 1.82) is 0 Å². The number of allylic oxidation sites excluding steroid dienone is 3. The van der Waals surface area contributed by atoms with Crippen molar-refractivity contribution in [3.63, 3.8) is 0 Å². The molecule has 0 spiro atoms. The highest BCUT2D eigenvalue weighted by atomic mass is 14.7. The maximum atomic E-state index is 4.34. The number of aromatic nitrogens is 1. The van der Waals surface area contributed by atoms with Gasteiger partial charge in [-0.15, -0.1) is 0 Å². The fraction of sp³-hybridized carbons (Fsp3) is 0.214. The zero-order valence-corrected chi connectivity index (χ0v) is 9.72. The molecule has 0 unspecified atom stereocenters. The van der Waals surface area contributed by atoms with Crippen molar-refractivity contribution in [3.05, 3.63) is 48.8 Å². The molecule has 0 aliphatic heterocycles. The molecule has 78 valence electrons. The van der Waals surface area contributed by atoms with Crippen molar-refractivity contribution in [1.82, 2.24) is 4.98 Å². The van der Waals surface area contributed by atoms with E-state index >= 15 is 0 Å². The van der Waals surface area contributed by atoms with Gasteiger partial charge in [0.1, 0.15) is 0 Å². The van der Waals surface area contributed by atoms with Crippen LogP contribution in [0.2, 0.25) is 0 Å². The molecule has 0 aliphatic carbocycles. The molecule has 0 saturated carbocycles. The summed E-state index contributed by atoms with van der Waals surface area (Å²) >= 11 is 0. The van der Waals surface area contributed by atoms with E-state index < -0.39 is 0 Å². The molecule has 15 heavy (non-hydrogen) atoms. The maximum absolute atomic E-state index is 4.34. The van der Waals surface area contributed by atoms with Crippen LogP contribution < -0.4 is 0 Å². The minimum Gasteiger partial charge on any atom is -0.256 e. The predicted molar refractivity (Wildman–Crippen MR) is 68.4 cm³/mol.